The van der Waals surface area contributed by atoms with Gasteiger partial charge in [-0.15, -0.1) is 0 Å². The maximum atomic E-state index is 12.1. The van der Waals surface area contributed by atoms with E-state index < -0.39 is 0 Å². The predicted octanol–water partition coefficient (Wildman–Crippen LogP) is 2.45. The molecule has 0 spiro atoms. The summed E-state index contributed by atoms with van der Waals surface area (Å²) in [7, 11) is 0. The Balaban J connectivity index is 1.59. The van der Waals surface area contributed by atoms with Crippen LogP contribution in [0.5, 0.6) is 0 Å². The van der Waals surface area contributed by atoms with Crippen LogP contribution < -0.4 is 11.1 Å². The van der Waals surface area contributed by atoms with Crippen LogP contribution in [0, 0.1) is 5.92 Å². The smallest absolute Gasteiger partial charge is 0.238 e. The highest BCUT2D eigenvalue weighted by Crippen LogP contribution is 2.37. The quantitative estimate of drug-likeness (QED) is 0.840. The van der Waals surface area contributed by atoms with Crippen molar-refractivity contribution in [3.05, 3.63) is 22.7 Å². The van der Waals surface area contributed by atoms with E-state index in [9.17, 15) is 4.79 Å². The predicted molar refractivity (Wildman–Crippen MR) is 79.9 cm³/mol. The third-order valence-corrected chi connectivity index (χ3v) is 4.79. The molecule has 0 radical (unpaired) electrons. The Hall–Kier alpha value is -1.07. The van der Waals surface area contributed by atoms with Gasteiger partial charge in [0.05, 0.1) is 12.2 Å². The van der Waals surface area contributed by atoms with Crippen molar-refractivity contribution in [2.45, 2.75) is 25.3 Å². The molecule has 0 aromatic heterocycles. The van der Waals surface area contributed by atoms with Crippen molar-refractivity contribution < 1.29 is 4.79 Å². The molecule has 1 saturated heterocycles. The Bertz CT molecular complexity index is 505. The molecule has 2 atom stereocenters. The number of likely N-dealkylation sites (tertiary alicyclic amines) is 1. The number of nitrogens with zero attached hydrogens (tertiary/aromatic N) is 1. The number of amides is 1. The normalized spacial score (nSPS) is 25.7. The van der Waals surface area contributed by atoms with Crippen LogP contribution in [-0.4, -0.2) is 29.9 Å². The first-order valence-corrected chi connectivity index (χ1v) is 7.50. The van der Waals surface area contributed by atoms with Crippen molar-refractivity contribution in [2.24, 2.45) is 5.92 Å². The second-order valence-corrected chi connectivity index (χ2v) is 6.40. The zero-order chi connectivity index (χ0) is 13.4. The van der Waals surface area contributed by atoms with Gasteiger partial charge in [0.15, 0.2) is 0 Å². The second-order valence-electron chi connectivity index (χ2n) is 5.55. The van der Waals surface area contributed by atoms with E-state index in [0.29, 0.717) is 18.3 Å². The van der Waals surface area contributed by atoms with Crippen LogP contribution in [0.4, 0.5) is 11.4 Å². The van der Waals surface area contributed by atoms with Gasteiger partial charge in [-0.2, -0.15) is 0 Å². The highest BCUT2D eigenvalue weighted by atomic mass is 79.9. The summed E-state index contributed by atoms with van der Waals surface area (Å²) in [6.45, 7) is 1.58. The molecule has 1 saturated carbocycles. The van der Waals surface area contributed by atoms with Crippen molar-refractivity contribution >= 4 is 33.2 Å². The first-order valence-electron chi connectivity index (χ1n) is 6.71. The minimum Gasteiger partial charge on any atom is -0.399 e. The first kappa shape index (κ1) is 12.9. The second kappa shape index (κ2) is 5.13. The topological polar surface area (TPSA) is 58.4 Å². The van der Waals surface area contributed by atoms with Crippen LogP contribution in [0.25, 0.3) is 0 Å². The molecule has 3 rings (SSSR count). The number of hydrogen-bond donors (Lipinski definition) is 2. The minimum atomic E-state index is 0.0537. The van der Waals surface area contributed by atoms with E-state index in [4.69, 9.17) is 5.73 Å². The van der Waals surface area contributed by atoms with Crippen molar-refractivity contribution in [2.75, 3.05) is 24.1 Å². The molecule has 102 valence electrons. The van der Waals surface area contributed by atoms with E-state index >= 15 is 0 Å². The molecule has 1 amide bonds. The summed E-state index contributed by atoms with van der Waals surface area (Å²) in [5.41, 5.74) is 7.14. The number of carbonyl (C=O) groups is 1. The number of hydrogen-bond acceptors (Lipinski definition) is 3. The van der Waals surface area contributed by atoms with E-state index in [1.54, 1.807) is 12.1 Å². The number of halogens is 1. The lowest BCUT2D eigenvalue weighted by Crippen LogP contribution is -2.38. The largest absolute Gasteiger partial charge is 0.399 e. The minimum absolute atomic E-state index is 0.0537. The lowest BCUT2D eigenvalue weighted by Gasteiger charge is -2.25. The standard InChI is InChI=1S/C14H18BrN3O/c15-12-6-10(16)2-4-13(12)17-14(19)8-18-7-9-1-3-11(18)5-9/h2,4,6,9,11H,1,3,5,7-8,16H2,(H,17,19). The van der Waals surface area contributed by atoms with Crippen molar-refractivity contribution in [3.63, 3.8) is 0 Å². The van der Waals surface area contributed by atoms with E-state index in [0.717, 1.165) is 22.6 Å². The van der Waals surface area contributed by atoms with Crippen LogP contribution in [0.3, 0.4) is 0 Å². The number of nitrogens with two attached hydrogens (primary N) is 1. The molecule has 2 aliphatic rings. The maximum Gasteiger partial charge on any atom is 0.238 e. The average Bonchev–Trinajstić information content (AvgIpc) is 2.95. The molecule has 2 fully saturated rings. The monoisotopic (exact) mass is 323 g/mol. The van der Waals surface area contributed by atoms with Crippen molar-refractivity contribution in [1.29, 1.82) is 0 Å². The van der Waals surface area contributed by atoms with Gasteiger partial charge in [-0.05, 0) is 59.3 Å². The number of nitrogen functional groups attached to an aromatic ring is 1. The third-order valence-electron chi connectivity index (χ3n) is 4.14. The van der Waals surface area contributed by atoms with Gasteiger partial charge in [-0.25, -0.2) is 0 Å². The van der Waals surface area contributed by atoms with Gasteiger partial charge in [0.2, 0.25) is 5.91 Å². The number of anilines is 2. The van der Waals surface area contributed by atoms with Gasteiger partial charge >= 0.3 is 0 Å². The number of benzene rings is 1. The van der Waals surface area contributed by atoms with Gasteiger partial charge in [-0.1, -0.05) is 0 Å². The summed E-state index contributed by atoms with van der Waals surface area (Å²) < 4.78 is 0.823. The summed E-state index contributed by atoms with van der Waals surface area (Å²) in [5.74, 6) is 0.874. The number of rotatable bonds is 3. The van der Waals surface area contributed by atoms with Gasteiger partial charge in [0.25, 0.3) is 0 Å². The van der Waals surface area contributed by atoms with Gasteiger partial charge in [-0.3, -0.25) is 9.69 Å². The van der Waals surface area contributed by atoms with Crippen LogP contribution in [-0.2, 0) is 4.79 Å². The Morgan fingerprint density at radius 1 is 1.47 bits per heavy atom. The summed E-state index contributed by atoms with van der Waals surface area (Å²) in [6, 6.07) is 6.05. The van der Waals surface area contributed by atoms with Crippen LogP contribution in [0.2, 0.25) is 0 Å². The lowest BCUT2D eigenvalue weighted by atomic mass is 10.1. The molecule has 5 heteroatoms. The van der Waals surface area contributed by atoms with E-state index in [-0.39, 0.29) is 5.91 Å². The van der Waals surface area contributed by atoms with Crippen LogP contribution in [0.15, 0.2) is 22.7 Å². The molecule has 3 N–H and O–H groups in total. The zero-order valence-electron chi connectivity index (χ0n) is 10.7. The fourth-order valence-electron chi connectivity index (χ4n) is 3.23. The SMILES string of the molecule is Nc1ccc(NC(=O)CN2CC3CCC2C3)c(Br)c1. The fourth-order valence-corrected chi connectivity index (χ4v) is 3.72. The van der Waals surface area contributed by atoms with Gasteiger partial charge in [0, 0.05) is 22.7 Å². The summed E-state index contributed by atoms with van der Waals surface area (Å²) in [6.07, 6.45) is 3.87. The number of nitrogens with one attached hydrogen (secondary N) is 1. The Labute approximate surface area is 121 Å². The maximum absolute atomic E-state index is 12.1. The first-order chi connectivity index (χ1) is 9.11. The number of fused-ring (bicyclic) bond motifs is 2. The van der Waals surface area contributed by atoms with Crippen molar-refractivity contribution in [1.82, 2.24) is 4.90 Å². The Morgan fingerprint density at radius 2 is 2.32 bits per heavy atom. The Kier molecular flexibility index (Phi) is 3.50. The number of piperidine rings is 1. The summed E-state index contributed by atoms with van der Waals surface area (Å²) in [5, 5.41) is 2.94. The Morgan fingerprint density at radius 3 is 2.95 bits per heavy atom. The summed E-state index contributed by atoms with van der Waals surface area (Å²) >= 11 is 3.41. The molecule has 1 aliphatic heterocycles. The summed E-state index contributed by atoms with van der Waals surface area (Å²) in [4.78, 5) is 14.4. The van der Waals surface area contributed by atoms with E-state index in [1.807, 2.05) is 6.07 Å². The zero-order valence-corrected chi connectivity index (χ0v) is 12.3. The van der Waals surface area contributed by atoms with Crippen LogP contribution >= 0.6 is 15.9 Å². The molecular weight excluding hydrogens is 306 g/mol. The molecule has 4 nitrogen and oxygen atoms in total. The molecule has 1 aromatic carbocycles. The molecule has 19 heavy (non-hydrogen) atoms. The highest BCUT2D eigenvalue weighted by molar-refractivity contribution is 9.10. The average molecular weight is 324 g/mol. The van der Waals surface area contributed by atoms with E-state index in [1.165, 1.54) is 19.3 Å². The molecular formula is C14H18BrN3O. The van der Waals surface area contributed by atoms with Crippen molar-refractivity contribution in [3.8, 4) is 0 Å². The van der Waals surface area contributed by atoms with Gasteiger partial charge in [0.1, 0.15) is 0 Å². The van der Waals surface area contributed by atoms with Gasteiger partial charge < -0.3 is 11.1 Å². The van der Waals surface area contributed by atoms with E-state index in [2.05, 4.69) is 26.1 Å². The third kappa shape index (κ3) is 2.77. The molecule has 1 aliphatic carbocycles. The molecule has 2 bridgehead atoms. The molecule has 1 aromatic rings. The van der Waals surface area contributed by atoms with Crippen LogP contribution in [0.1, 0.15) is 19.3 Å². The molecule has 1 heterocycles. The lowest BCUT2D eigenvalue weighted by molar-refractivity contribution is -0.117. The molecule has 2 unspecified atom stereocenters. The fraction of sp³-hybridized carbons (Fsp3) is 0.500. The highest BCUT2D eigenvalue weighted by Gasteiger charge is 2.38. The number of carbonyl (C=O) groups excluding carboxylic acids is 1.